The van der Waals surface area contributed by atoms with Crippen molar-refractivity contribution in [3.8, 4) is 0 Å². The van der Waals surface area contributed by atoms with Gasteiger partial charge in [0.05, 0.1) is 0 Å². The van der Waals surface area contributed by atoms with E-state index in [-0.39, 0.29) is 29.9 Å². The van der Waals surface area contributed by atoms with E-state index in [1.54, 1.807) is 7.05 Å². The first-order valence-corrected chi connectivity index (χ1v) is 8.60. The molecule has 3 N–H and O–H groups in total. The predicted molar refractivity (Wildman–Crippen MR) is 114 cm³/mol. The van der Waals surface area contributed by atoms with Crippen molar-refractivity contribution in [1.82, 2.24) is 16.0 Å². The van der Waals surface area contributed by atoms with E-state index in [0.29, 0.717) is 18.7 Å². The van der Waals surface area contributed by atoms with Gasteiger partial charge in [0.25, 0.3) is 5.91 Å². The van der Waals surface area contributed by atoms with E-state index in [2.05, 4.69) is 20.9 Å². The Morgan fingerprint density at radius 1 is 1.16 bits per heavy atom. The third-order valence-electron chi connectivity index (χ3n) is 3.42. The molecule has 0 saturated carbocycles. The largest absolute Gasteiger partial charge is 0.382 e. The van der Waals surface area contributed by atoms with Crippen LogP contribution in [0.4, 0.5) is 0 Å². The van der Waals surface area contributed by atoms with Crippen LogP contribution in [0.15, 0.2) is 29.3 Å². The number of hydrogen-bond acceptors (Lipinski definition) is 3. The van der Waals surface area contributed by atoms with E-state index in [0.717, 1.165) is 44.1 Å². The molecule has 1 aromatic rings. The van der Waals surface area contributed by atoms with Crippen molar-refractivity contribution >= 4 is 35.8 Å². The molecule has 0 saturated heterocycles. The average Bonchev–Trinajstić information content (AvgIpc) is 2.61. The summed E-state index contributed by atoms with van der Waals surface area (Å²) in [5.74, 6) is 0.714. The molecule has 0 heterocycles. The molecule has 0 unspecified atom stereocenters. The fraction of sp³-hybridized carbons (Fsp3) is 0.556. The quantitative estimate of drug-likeness (QED) is 0.216. The Morgan fingerprint density at radius 2 is 1.96 bits per heavy atom. The highest BCUT2D eigenvalue weighted by atomic mass is 127. The second kappa shape index (κ2) is 14.9. The molecule has 0 fully saturated rings. The molecule has 0 aliphatic rings. The van der Waals surface area contributed by atoms with Gasteiger partial charge in [-0.15, -0.1) is 24.0 Å². The van der Waals surface area contributed by atoms with E-state index >= 15 is 0 Å². The van der Waals surface area contributed by atoms with E-state index < -0.39 is 0 Å². The number of amides is 1. The van der Waals surface area contributed by atoms with Crippen molar-refractivity contribution in [2.24, 2.45) is 4.99 Å². The Bertz CT molecular complexity index is 524. The first-order chi connectivity index (χ1) is 11.7. The number of unbranched alkanes of at least 4 members (excludes halogenated alkanes) is 1. The summed E-state index contributed by atoms with van der Waals surface area (Å²) >= 11 is 0. The maximum absolute atomic E-state index is 11.9. The van der Waals surface area contributed by atoms with Gasteiger partial charge in [-0.05, 0) is 44.4 Å². The average molecular weight is 462 g/mol. The zero-order chi connectivity index (χ0) is 17.6. The van der Waals surface area contributed by atoms with Crippen molar-refractivity contribution in [1.29, 1.82) is 0 Å². The topological polar surface area (TPSA) is 74.8 Å². The van der Waals surface area contributed by atoms with Gasteiger partial charge in [-0.25, -0.2) is 0 Å². The Balaban J connectivity index is 0.00000576. The molecular formula is C18H31IN4O2. The van der Waals surface area contributed by atoms with Gasteiger partial charge in [0.1, 0.15) is 0 Å². The molecule has 142 valence electrons. The Hall–Kier alpha value is -1.35. The van der Waals surface area contributed by atoms with Gasteiger partial charge >= 0.3 is 0 Å². The zero-order valence-corrected chi connectivity index (χ0v) is 17.8. The molecule has 1 aromatic carbocycles. The number of carbonyl (C=O) groups excluding carboxylic acids is 1. The van der Waals surface area contributed by atoms with Crippen LogP contribution in [0.25, 0.3) is 0 Å². The van der Waals surface area contributed by atoms with E-state index in [9.17, 15) is 4.79 Å². The van der Waals surface area contributed by atoms with Crippen LogP contribution in [0.5, 0.6) is 0 Å². The van der Waals surface area contributed by atoms with Crippen molar-refractivity contribution in [2.45, 2.75) is 33.2 Å². The number of halogens is 1. The monoisotopic (exact) mass is 462 g/mol. The fourth-order valence-corrected chi connectivity index (χ4v) is 2.17. The number of nitrogens with one attached hydrogen (secondary N) is 3. The van der Waals surface area contributed by atoms with Crippen LogP contribution in [0.3, 0.4) is 0 Å². The highest BCUT2D eigenvalue weighted by Crippen LogP contribution is 2.05. The number of ether oxygens (including phenoxy) is 1. The van der Waals surface area contributed by atoms with E-state index in [1.807, 2.05) is 38.1 Å². The van der Waals surface area contributed by atoms with Gasteiger partial charge in [-0.3, -0.25) is 9.79 Å². The van der Waals surface area contributed by atoms with Crippen molar-refractivity contribution in [3.05, 3.63) is 35.4 Å². The molecule has 0 aromatic heterocycles. The van der Waals surface area contributed by atoms with Gasteiger partial charge < -0.3 is 20.7 Å². The molecule has 25 heavy (non-hydrogen) atoms. The summed E-state index contributed by atoms with van der Waals surface area (Å²) in [6.07, 6.45) is 2.07. The number of aliphatic imine (C=N–C) groups is 1. The van der Waals surface area contributed by atoms with Gasteiger partial charge in [-0.2, -0.15) is 0 Å². The minimum absolute atomic E-state index is 0. The molecule has 0 radical (unpaired) electrons. The fourth-order valence-electron chi connectivity index (χ4n) is 2.17. The Morgan fingerprint density at radius 3 is 2.64 bits per heavy atom. The summed E-state index contributed by atoms with van der Waals surface area (Å²) in [5, 5.41) is 9.35. The number of guanidine groups is 1. The third kappa shape index (κ3) is 10.3. The molecule has 0 aliphatic carbocycles. The lowest BCUT2D eigenvalue weighted by Crippen LogP contribution is -2.37. The second-order valence-electron chi connectivity index (χ2n) is 5.32. The van der Waals surface area contributed by atoms with Crippen LogP contribution in [0.1, 0.15) is 42.6 Å². The molecular weight excluding hydrogens is 431 g/mol. The first kappa shape index (κ1) is 23.6. The van der Waals surface area contributed by atoms with Crippen LogP contribution < -0.4 is 16.0 Å². The summed E-state index contributed by atoms with van der Waals surface area (Å²) in [4.78, 5) is 16.1. The number of nitrogens with zero attached hydrogens (tertiary/aromatic N) is 1. The lowest BCUT2D eigenvalue weighted by molar-refractivity contribution is 0.0955. The summed E-state index contributed by atoms with van der Waals surface area (Å²) in [7, 11) is 1.75. The van der Waals surface area contributed by atoms with Gasteiger partial charge in [-0.1, -0.05) is 12.1 Å². The van der Waals surface area contributed by atoms with Crippen molar-refractivity contribution < 1.29 is 9.53 Å². The van der Waals surface area contributed by atoms with Crippen LogP contribution in [0.2, 0.25) is 0 Å². The van der Waals surface area contributed by atoms with Crippen molar-refractivity contribution in [2.75, 3.05) is 33.4 Å². The normalized spacial score (nSPS) is 10.8. The minimum atomic E-state index is -0.0452. The van der Waals surface area contributed by atoms with E-state index in [1.165, 1.54) is 0 Å². The maximum atomic E-state index is 11.9. The lowest BCUT2D eigenvalue weighted by atomic mass is 10.1. The standard InChI is InChI=1S/C18H30N4O2.HI/c1-4-20-17(23)16-10-8-9-15(13-16)14-22-18(19-3)21-11-6-7-12-24-5-2;/h8-10,13H,4-7,11-12,14H2,1-3H3,(H,20,23)(H2,19,21,22);1H. The smallest absolute Gasteiger partial charge is 0.251 e. The Kier molecular flexibility index (Phi) is 14.1. The molecule has 7 heteroatoms. The molecule has 1 amide bonds. The number of rotatable bonds is 10. The zero-order valence-electron chi connectivity index (χ0n) is 15.4. The van der Waals surface area contributed by atoms with Crippen LogP contribution >= 0.6 is 24.0 Å². The first-order valence-electron chi connectivity index (χ1n) is 8.60. The summed E-state index contributed by atoms with van der Waals surface area (Å²) in [5.41, 5.74) is 1.72. The van der Waals surface area contributed by atoms with Crippen LogP contribution in [-0.4, -0.2) is 45.2 Å². The molecule has 0 bridgehead atoms. The molecule has 6 nitrogen and oxygen atoms in total. The van der Waals surface area contributed by atoms with Gasteiger partial charge in [0, 0.05) is 45.5 Å². The number of carbonyl (C=O) groups is 1. The highest BCUT2D eigenvalue weighted by Gasteiger charge is 2.05. The maximum Gasteiger partial charge on any atom is 0.251 e. The summed E-state index contributed by atoms with van der Waals surface area (Å²) in [6, 6.07) is 7.60. The van der Waals surface area contributed by atoms with Crippen LogP contribution in [0, 0.1) is 0 Å². The van der Waals surface area contributed by atoms with E-state index in [4.69, 9.17) is 4.74 Å². The number of hydrogen-bond donors (Lipinski definition) is 3. The number of benzene rings is 1. The van der Waals surface area contributed by atoms with Crippen LogP contribution in [-0.2, 0) is 11.3 Å². The highest BCUT2D eigenvalue weighted by molar-refractivity contribution is 14.0. The Labute approximate surface area is 168 Å². The molecule has 1 rings (SSSR count). The minimum Gasteiger partial charge on any atom is -0.382 e. The lowest BCUT2D eigenvalue weighted by Gasteiger charge is -2.12. The predicted octanol–water partition coefficient (Wildman–Crippen LogP) is 2.54. The SMILES string of the molecule is CCNC(=O)c1cccc(CNC(=NC)NCCCCOCC)c1.I. The van der Waals surface area contributed by atoms with Gasteiger partial charge in [0.2, 0.25) is 0 Å². The summed E-state index contributed by atoms with van der Waals surface area (Å²) < 4.78 is 5.31. The van der Waals surface area contributed by atoms with Crippen molar-refractivity contribution in [3.63, 3.8) is 0 Å². The molecule has 0 atom stereocenters. The molecule has 0 spiro atoms. The molecule has 0 aliphatic heterocycles. The summed E-state index contributed by atoms with van der Waals surface area (Å²) in [6.45, 7) is 7.58. The van der Waals surface area contributed by atoms with Gasteiger partial charge in [0.15, 0.2) is 5.96 Å². The third-order valence-corrected chi connectivity index (χ3v) is 3.42. The second-order valence-corrected chi connectivity index (χ2v) is 5.32.